The molecule has 1 aromatic heterocycles. The molecule has 3 rings (SSSR count). The molecule has 1 aliphatic rings. The van der Waals surface area contributed by atoms with E-state index >= 15 is 0 Å². The van der Waals surface area contributed by atoms with E-state index in [2.05, 4.69) is 45.5 Å². The zero-order chi connectivity index (χ0) is 10.3. The van der Waals surface area contributed by atoms with Crippen LogP contribution in [-0.4, -0.2) is 6.04 Å². The van der Waals surface area contributed by atoms with Crippen LogP contribution in [0.5, 0.6) is 0 Å². The Kier molecular flexibility index (Phi) is 2.54. The molecule has 78 valence electrons. The average molecular weight is 282 g/mol. The summed E-state index contributed by atoms with van der Waals surface area (Å²) in [6.45, 7) is 1.03. The van der Waals surface area contributed by atoms with Gasteiger partial charge in [0.2, 0.25) is 0 Å². The predicted molar refractivity (Wildman–Crippen MR) is 69.4 cm³/mol. The van der Waals surface area contributed by atoms with E-state index in [1.54, 1.807) is 0 Å². The Morgan fingerprint density at radius 1 is 1.33 bits per heavy atom. The lowest BCUT2D eigenvalue weighted by atomic mass is 10.2. The number of nitrogens with one attached hydrogen (secondary N) is 1. The van der Waals surface area contributed by atoms with Gasteiger partial charge in [-0.25, -0.2) is 0 Å². The Labute approximate surface area is 102 Å². The van der Waals surface area contributed by atoms with Crippen molar-refractivity contribution in [3.05, 3.63) is 33.6 Å². The molecule has 0 unspecified atom stereocenters. The summed E-state index contributed by atoms with van der Waals surface area (Å²) in [5.41, 5.74) is 0. The quantitative estimate of drug-likeness (QED) is 0.899. The van der Waals surface area contributed by atoms with Gasteiger partial charge in [-0.1, -0.05) is 22.0 Å². The lowest BCUT2D eigenvalue weighted by Crippen LogP contribution is -2.14. The monoisotopic (exact) mass is 281 g/mol. The molecule has 1 heterocycles. The van der Waals surface area contributed by atoms with Gasteiger partial charge in [0, 0.05) is 26.6 Å². The highest BCUT2D eigenvalue weighted by molar-refractivity contribution is 9.10. The average Bonchev–Trinajstić information content (AvgIpc) is 2.95. The van der Waals surface area contributed by atoms with E-state index in [-0.39, 0.29) is 0 Å². The van der Waals surface area contributed by atoms with Crippen molar-refractivity contribution < 1.29 is 0 Å². The molecule has 0 saturated heterocycles. The van der Waals surface area contributed by atoms with Gasteiger partial charge >= 0.3 is 0 Å². The van der Waals surface area contributed by atoms with Crippen molar-refractivity contribution in [2.75, 3.05) is 0 Å². The number of hydrogen-bond donors (Lipinski definition) is 1. The van der Waals surface area contributed by atoms with E-state index in [9.17, 15) is 0 Å². The van der Waals surface area contributed by atoms with Crippen LogP contribution < -0.4 is 5.32 Å². The zero-order valence-corrected chi connectivity index (χ0v) is 10.7. The van der Waals surface area contributed by atoms with Gasteiger partial charge in [0.25, 0.3) is 0 Å². The lowest BCUT2D eigenvalue weighted by Gasteiger charge is -1.97. The topological polar surface area (TPSA) is 12.0 Å². The van der Waals surface area contributed by atoms with Gasteiger partial charge in [-0.05, 0) is 36.4 Å². The Hall–Kier alpha value is -0.380. The van der Waals surface area contributed by atoms with Gasteiger partial charge in [0.1, 0.15) is 0 Å². The molecular formula is C12H12BrNS. The summed E-state index contributed by atoms with van der Waals surface area (Å²) in [4.78, 5) is 1.44. The molecule has 0 spiro atoms. The van der Waals surface area contributed by atoms with E-state index in [4.69, 9.17) is 0 Å². The van der Waals surface area contributed by atoms with Crippen molar-refractivity contribution in [2.24, 2.45) is 0 Å². The van der Waals surface area contributed by atoms with Crippen molar-refractivity contribution in [2.45, 2.75) is 25.4 Å². The van der Waals surface area contributed by atoms with Crippen LogP contribution in [0.25, 0.3) is 10.1 Å². The summed E-state index contributed by atoms with van der Waals surface area (Å²) in [7, 11) is 0. The first-order valence-corrected chi connectivity index (χ1v) is 6.83. The molecule has 1 saturated carbocycles. The third kappa shape index (κ3) is 2.25. The maximum absolute atomic E-state index is 3.55. The Balaban J connectivity index is 1.84. The second kappa shape index (κ2) is 3.89. The highest BCUT2D eigenvalue weighted by atomic mass is 79.9. The molecule has 1 aliphatic carbocycles. The fraction of sp³-hybridized carbons (Fsp3) is 0.333. The van der Waals surface area contributed by atoms with Crippen LogP contribution in [0.2, 0.25) is 0 Å². The van der Waals surface area contributed by atoms with Crippen LogP contribution in [0, 0.1) is 0 Å². The maximum Gasteiger partial charge on any atom is 0.0357 e. The Morgan fingerprint density at radius 3 is 3.00 bits per heavy atom. The molecule has 0 amide bonds. The summed E-state index contributed by atoms with van der Waals surface area (Å²) >= 11 is 5.39. The second-order valence-electron chi connectivity index (χ2n) is 4.05. The lowest BCUT2D eigenvalue weighted by molar-refractivity contribution is 0.695. The number of hydrogen-bond acceptors (Lipinski definition) is 2. The van der Waals surface area contributed by atoms with E-state index in [1.807, 2.05) is 11.3 Å². The summed E-state index contributed by atoms with van der Waals surface area (Å²) in [5.74, 6) is 0. The van der Waals surface area contributed by atoms with Crippen molar-refractivity contribution in [3.63, 3.8) is 0 Å². The van der Waals surface area contributed by atoms with Crippen molar-refractivity contribution in [3.8, 4) is 0 Å². The van der Waals surface area contributed by atoms with E-state index in [0.29, 0.717) is 0 Å². The molecule has 1 aromatic carbocycles. The third-order valence-corrected chi connectivity index (χ3v) is 4.27. The highest BCUT2D eigenvalue weighted by Crippen LogP contribution is 2.29. The summed E-state index contributed by atoms with van der Waals surface area (Å²) in [6, 6.07) is 9.56. The molecule has 2 aromatic rings. The largest absolute Gasteiger partial charge is 0.309 e. The van der Waals surface area contributed by atoms with Crippen LogP contribution in [0.3, 0.4) is 0 Å². The van der Waals surface area contributed by atoms with Crippen molar-refractivity contribution in [1.29, 1.82) is 0 Å². The second-order valence-corrected chi connectivity index (χ2v) is 6.13. The SMILES string of the molecule is Brc1ccc2cc(CNC3CC3)sc2c1. The van der Waals surface area contributed by atoms with Crippen molar-refractivity contribution in [1.82, 2.24) is 5.32 Å². The Bertz CT molecular complexity index is 487. The summed E-state index contributed by atoms with van der Waals surface area (Å²) < 4.78 is 2.54. The number of rotatable bonds is 3. The van der Waals surface area contributed by atoms with Crippen LogP contribution in [0.1, 0.15) is 17.7 Å². The first kappa shape index (κ1) is 9.82. The van der Waals surface area contributed by atoms with Crippen LogP contribution >= 0.6 is 27.3 Å². The minimum Gasteiger partial charge on any atom is -0.309 e. The zero-order valence-electron chi connectivity index (χ0n) is 8.29. The molecule has 1 N–H and O–H groups in total. The normalized spacial score (nSPS) is 16.1. The molecular weight excluding hydrogens is 270 g/mol. The number of thiophene rings is 1. The van der Waals surface area contributed by atoms with Gasteiger partial charge in [-0.3, -0.25) is 0 Å². The van der Waals surface area contributed by atoms with Crippen LogP contribution in [0.15, 0.2) is 28.7 Å². The van der Waals surface area contributed by atoms with E-state index in [0.717, 1.165) is 12.6 Å². The van der Waals surface area contributed by atoms with Gasteiger partial charge in [0.15, 0.2) is 0 Å². The number of fused-ring (bicyclic) bond motifs is 1. The molecule has 15 heavy (non-hydrogen) atoms. The van der Waals surface area contributed by atoms with Crippen LogP contribution in [0.4, 0.5) is 0 Å². The third-order valence-electron chi connectivity index (χ3n) is 2.68. The summed E-state index contributed by atoms with van der Waals surface area (Å²) in [5, 5.41) is 4.90. The molecule has 0 radical (unpaired) electrons. The van der Waals surface area contributed by atoms with E-state index < -0.39 is 0 Å². The molecule has 0 aliphatic heterocycles. The highest BCUT2D eigenvalue weighted by Gasteiger charge is 2.20. The maximum atomic E-state index is 3.55. The summed E-state index contributed by atoms with van der Waals surface area (Å²) in [6.07, 6.45) is 2.72. The molecule has 3 heteroatoms. The van der Waals surface area contributed by atoms with Crippen molar-refractivity contribution >= 4 is 37.4 Å². The predicted octanol–water partition coefficient (Wildman–Crippen LogP) is 3.92. The number of benzene rings is 1. The smallest absolute Gasteiger partial charge is 0.0357 e. The van der Waals surface area contributed by atoms with Crippen LogP contribution in [-0.2, 0) is 6.54 Å². The van der Waals surface area contributed by atoms with Gasteiger partial charge in [0.05, 0.1) is 0 Å². The number of halogens is 1. The van der Waals surface area contributed by atoms with Gasteiger partial charge in [-0.2, -0.15) is 0 Å². The molecule has 1 nitrogen and oxygen atoms in total. The standard InChI is InChI=1S/C12H12BrNS/c13-9-2-1-8-5-11(15-12(8)6-9)7-14-10-3-4-10/h1-2,5-6,10,14H,3-4,7H2. The molecule has 0 bridgehead atoms. The fourth-order valence-corrected chi connectivity index (χ4v) is 3.25. The van der Waals surface area contributed by atoms with E-state index in [1.165, 1.54) is 32.3 Å². The molecule has 0 atom stereocenters. The van der Waals surface area contributed by atoms with Gasteiger partial charge in [-0.15, -0.1) is 11.3 Å². The minimum absolute atomic E-state index is 0.793. The first-order valence-electron chi connectivity index (χ1n) is 5.22. The Morgan fingerprint density at radius 2 is 2.20 bits per heavy atom. The minimum atomic E-state index is 0.793. The van der Waals surface area contributed by atoms with Gasteiger partial charge < -0.3 is 5.32 Å². The molecule has 1 fully saturated rings. The first-order chi connectivity index (χ1) is 7.31. The fourth-order valence-electron chi connectivity index (χ4n) is 1.68.